The Bertz CT molecular complexity index is 575. The first-order chi connectivity index (χ1) is 12.6. The molecule has 0 saturated carbocycles. The number of hydrogen-bond acceptors (Lipinski definition) is 6. The van der Waals surface area contributed by atoms with Crippen molar-refractivity contribution in [2.75, 3.05) is 50.8 Å². The van der Waals surface area contributed by atoms with E-state index in [2.05, 4.69) is 21.7 Å². The lowest BCUT2D eigenvalue weighted by Gasteiger charge is -2.33. The Morgan fingerprint density at radius 1 is 1.12 bits per heavy atom. The van der Waals surface area contributed by atoms with E-state index in [1.165, 1.54) is 5.56 Å². The van der Waals surface area contributed by atoms with Crippen molar-refractivity contribution in [2.24, 2.45) is 17.8 Å². The average Bonchev–Trinajstić information content (AvgIpc) is 3.06. The lowest BCUT2D eigenvalue weighted by Crippen LogP contribution is -2.40. The SMILES string of the molecule is CCCc1cnc(C)nc1N1C[C@@H](CO)[C@@H](CN2CCC(CO)CC2)C1. The summed E-state index contributed by atoms with van der Waals surface area (Å²) in [5.41, 5.74) is 1.22. The minimum atomic E-state index is 0.238. The van der Waals surface area contributed by atoms with Crippen LogP contribution in [0.1, 0.15) is 37.6 Å². The van der Waals surface area contributed by atoms with Crippen LogP contribution in [0.2, 0.25) is 0 Å². The zero-order valence-electron chi connectivity index (χ0n) is 16.3. The maximum absolute atomic E-state index is 9.93. The molecular formula is C20H34N4O2. The van der Waals surface area contributed by atoms with Gasteiger partial charge in [0.15, 0.2) is 0 Å². The fourth-order valence-electron chi connectivity index (χ4n) is 4.41. The highest BCUT2D eigenvalue weighted by molar-refractivity contribution is 5.47. The van der Waals surface area contributed by atoms with Crippen LogP contribution in [0.15, 0.2) is 6.20 Å². The van der Waals surface area contributed by atoms with Crippen molar-refractivity contribution < 1.29 is 10.2 Å². The summed E-state index contributed by atoms with van der Waals surface area (Å²) < 4.78 is 0. The van der Waals surface area contributed by atoms with Gasteiger partial charge in [-0.3, -0.25) is 0 Å². The highest BCUT2D eigenvalue weighted by Crippen LogP contribution is 2.31. The molecule has 6 heteroatoms. The summed E-state index contributed by atoms with van der Waals surface area (Å²) in [5, 5.41) is 19.3. The molecule has 26 heavy (non-hydrogen) atoms. The molecule has 0 aliphatic carbocycles. The van der Waals surface area contributed by atoms with Gasteiger partial charge in [0.1, 0.15) is 11.6 Å². The summed E-state index contributed by atoms with van der Waals surface area (Å²) in [6.45, 7) is 9.68. The second kappa shape index (κ2) is 9.11. The number of hydrogen-bond donors (Lipinski definition) is 2. The molecule has 2 aliphatic heterocycles. The summed E-state index contributed by atoms with van der Waals surface area (Å²) in [6, 6.07) is 0. The van der Waals surface area contributed by atoms with Crippen LogP contribution in [0.4, 0.5) is 5.82 Å². The number of piperidine rings is 1. The molecule has 146 valence electrons. The number of anilines is 1. The number of aromatic nitrogens is 2. The van der Waals surface area contributed by atoms with Crippen LogP contribution in [0.3, 0.4) is 0 Å². The fourth-order valence-corrected chi connectivity index (χ4v) is 4.41. The minimum absolute atomic E-state index is 0.238. The zero-order chi connectivity index (χ0) is 18.5. The quantitative estimate of drug-likeness (QED) is 0.766. The smallest absolute Gasteiger partial charge is 0.135 e. The van der Waals surface area contributed by atoms with Crippen molar-refractivity contribution in [1.29, 1.82) is 0 Å². The summed E-state index contributed by atoms with van der Waals surface area (Å²) in [4.78, 5) is 14.0. The lowest BCUT2D eigenvalue weighted by molar-refractivity contribution is 0.106. The first-order valence-electron chi connectivity index (χ1n) is 10.2. The predicted octanol–water partition coefficient (Wildman–Crippen LogP) is 1.49. The Hall–Kier alpha value is -1.24. The molecule has 3 rings (SSSR count). The van der Waals surface area contributed by atoms with Gasteiger partial charge < -0.3 is 20.0 Å². The summed E-state index contributed by atoms with van der Waals surface area (Å²) in [7, 11) is 0. The Labute approximate surface area is 157 Å². The molecule has 3 heterocycles. The van der Waals surface area contributed by atoms with E-state index in [1.54, 1.807) is 0 Å². The van der Waals surface area contributed by atoms with Crippen LogP contribution in [0, 0.1) is 24.7 Å². The van der Waals surface area contributed by atoms with Crippen LogP contribution in [-0.4, -0.2) is 71.0 Å². The van der Waals surface area contributed by atoms with Crippen LogP contribution in [0.25, 0.3) is 0 Å². The van der Waals surface area contributed by atoms with E-state index in [4.69, 9.17) is 4.98 Å². The van der Waals surface area contributed by atoms with E-state index in [0.29, 0.717) is 24.4 Å². The van der Waals surface area contributed by atoms with Crippen molar-refractivity contribution >= 4 is 5.82 Å². The van der Waals surface area contributed by atoms with Crippen LogP contribution >= 0.6 is 0 Å². The van der Waals surface area contributed by atoms with E-state index < -0.39 is 0 Å². The molecule has 0 spiro atoms. The first kappa shape index (κ1) is 19.5. The summed E-state index contributed by atoms with van der Waals surface area (Å²) in [5.74, 6) is 3.13. The number of nitrogens with zero attached hydrogens (tertiary/aromatic N) is 4. The van der Waals surface area contributed by atoms with Gasteiger partial charge in [-0.2, -0.15) is 0 Å². The highest BCUT2D eigenvalue weighted by Gasteiger charge is 2.35. The molecule has 2 aliphatic rings. The van der Waals surface area contributed by atoms with E-state index in [1.807, 2.05) is 13.1 Å². The molecule has 0 radical (unpaired) electrons. The monoisotopic (exact) mass is 362 g/mol. The van der Waals surface area contributed by atoms with Crippen LogP contribution in [0.5, 0.6) is 0 Å². The van der Waals surface area contributed by atoms with Gasteiger partial charge in [0, 0.05) is 50.5 Å². The molecule has 0 aromatic carbocycles. The van der Waals surface area contributed by atoms with Gasteiger partial charge in [0.2, 0.25) is 0 Å². The van der Waals surface area contributed by atoms with E-state index in [-0.39, 0.29) is 6.61 Å². The Morgan fingerprint density at radius 3 is 2.50 bits per heavy atom. The second-order valence-corrected chi connectivity index (χ2v) is 8.05. The largest absolute Gasteiger partial charge is 0.396 e. The number of aliphatic hydroxyl groups excluding tert-OH is 2. The van der Waals surface area contributed by atoms with Gasteiger partial charge >= 0.3 is 0 Å². The Morgan fingerprint density at radius 2 is 1.85 bits per heavy atom. The molecular weight excluding hydrogens is 328 g/mol. The van der Waals surface area contributed by atoms with E-state index in [0.717, 1.165) is 70.0 Å². The third-order valence-electron chi connectivity index (χ3n) is 6.05. The van der Waals surface area contributed by atoms with Gasteiger partial charge in [-0.25, -0.2) is 9.97 Å². The molecule has 2 atom stereocenters. The Balaban J connectivity index is 1.66. The van der Waals surface area contributed by atoms with E-state index >= 15 is 0 Å². The third kappa shape index (κ3) is 4.53. The zero-order valence-corrected chi connectivity index (χ0v) is 16.3. The molecule has 0 amide bonds. The van der Waals surface area contributed by atoms with Crippen molar-refractivity contribution in [3.8, 4) is 0 Å². The van der Waals surface area contributed by atoms with Crippen molar-refractivity contribution in [2.45, 2.75) is 39.5 Å². The molecule has 2 saturated heterocycles. The average molecular weight is 363 g/mol. The number of likely N-dealkylation sites (tertiary alicyclic amines) is 1. The molecule has 0 bridgehead atoms. The second-order valence-electron chi connectivity index (χ2n) is 8.05. The number of aryl methyl sites for hydroxylation is 2. The summed E-state index contributed by atoms with van der Waals surface area (Å²) >= 11 is 0. The fraction of sp³-hybridized carbons (Fsp3) is 0.800. The molecule has 1 aromatic heterocycles. The molecule has 6 nitrogen and oxygen atoms in total. The van der Waals surface area contributed by atoms with E-state index in [9.17, 15) is 10.2 Å². The molecule has 0 unspecified atom stereocenters. The van der Waals surface area contributed by atoms with Gasteiger partial charge in [0.05, 0.1) is 0 Å². The van der Waals surface area contributed by atoms with Crippen LogP contribution in [-0.2, 0) is 6.42 Å². The standard InChI is InChI=1S/C20H34N4O2/c1-3-4-17-9-21-15(2)22-20(17)24-11-18(19(12-24)14-26)10-23-7-5-16(13-25)6-8-23/h9,16,18-19,25-26H,3-8,10-14H2,1-2H3/t18-,19-/m0/s1. The van der Waals surface area contributed by atoms with Gasteiger partial charge in [-0.1, -0.05) is 13.3 Å². The normalized spacial score (nSPS) is 25.2. The molecule has 1 aromatic rings. The van der Waals surface area contributed by atoms with Crippen LogP contribution < -0.4 is 4.90 Å². The molecule has 2 fully saturated rings. The lowest BCUT2D eigenvalue weighted by atomic mass is 9.93. The maximum atomic E-state index is 9.93. The number of rotatable bonds is 7. The van der Waals surface area contributed by atoms with Gasteiger partial charge in [-0.15, -0.1) is 0 Å². The van der Waals surface area contributed by atoms with Crippen molar-refractivity contribution in [3.05, 3.63) is 17.6 Å². The minimum Gasteiger partial charge on any atom is -0.396 e. The summed E-state index contributed by atoms with van der Waals surface area (Å²) in [6.07, 6.45) is 6.22. The van der Waals surface area contributed by atoms with Crippen molar-refractivity contribution in [1.82, 2.24) is 14.9 Å². The third-order valence-corrected chi connectivity index (χ3v) is 6.05. The van der Waals surface area contributed by atoms with Gasteiger partial charge in [0.25, 0.3) is 0 Å². The number of aliphatic hydroxyl groups is 2. The first-order valence-corrected chi connectivity index (χ1v) is 10.2. The highest BCUT2D eigenvalue weighted by atomic mass is 16.3. The predicted molar refractivity (Wildman–Crippen MR) is 103 cm³/mol. The molecule has 2 N–H and O–H groups in total. The van der Waals surface area contributed by atoms with Gasteiger partial charge in [-0.05, 0) is 51.1 Å². The Kier molecular flexibility index (Phi) is 6.84. The topological polar surface area (TPSA) is 72.7 Å². The maximum Gasteiger partial charge on any atom is 0.135 e. The van der Waals surface area contributed by atoms with Crippen molar-refractivity contribution in [3.63, 3.8) is 0 Å².